The van der Waals surface area contributed by atoms with Gasteiger partial charge in [0.25, 0.3) is 0 Å². The maximum absolute atomic E-state index is 11.4. The van der Waals surface area contributed by atoms with Crippen molar-refractivity contribution in [2.24, 2.45) is 4.99 Å². The fourth-order valence-electron chi connectivity index (χ4n) is 3.01. The highest BCUT2D eigenvalue weighted by atomic mass is 35.5. The molecule has 0 N–H and O–H groups in total. The van der Waals surface area contributed by atoms with Crippen molar-refractivity contribution in [1.29, 1.82) is 0 Å². The molecule has 5 nitrogen and oxygen atoms in total. The highest BCUT2D eigenvalue weighted by Crippen LogP contribution is 2.59. The molecule has 1 aromatic rings. The van der Waals surface area contributed by atoms with Crippen LogP contribution in [0.1, 0.15) is 17.9 Å². The Kier molecular flexibility index (Phi) is 3.75. The summed E-state index contributed by atoms with van der Waals surface area (Å²) in [4.78, 5) is 17.7. The van der Waals surface area contributed by atoms with Crippen LogP contribution >= 0.6 is 23.4 Å². The van der Waals surface area contributed by atoms with Crippen molar-refractivity contribution in [2.75, 3.05) is 31.9 Å². The van der Waals surface area contributed by atoms with Gasteiger partial charge >= 0.3 is 0 Å². The van der Waals surface area contributed by atoms with Crippen LogP contribution in [-0.4, -0.2) is 38.5 Å². The first-order valence-corrected chi connectivity index (χ1v) is 8.10. The molecule has 2 aliphatic rings. The van der Waals surface area contributed by atoms with E-state index in [1.165, 1.54) is 7.11 Å². The zero-order valence-electron chi connectivity index (χ0n) is 12.0. The number of carbonyl (C=O) groups excluding carboxylic acids is 1. The Morgan fingerprint density at radius 1 is 1.38 bits per heavy atom. The number of nitrogens with zero attached hydrogens (tertiary/aromatic N) is 2. The van der Waals surface area contributed by atoms with Crippen molar-refractivity contribution in [3.63, 3.8) is 0 Å². The van der Waals surface area contributed by atoms with Crippen LogP contribution in [0.5, 0.6) is 11.5 Å². The minimum absolute atomic E-state index is 0.179. The van der Waals surface area contributed by atoms with Crippen molar-refractivity contribution in [3.8, 4) is 11.5 Å². The third-order valence-corrected chi connectivity index (χ3v) is 5.04. The number of benzene rings is 1. The molecule has 1 amide bonds. The van der Waals surface area contributed by atoms with E-state index in [1.54, 1.807) is 23.8 Å². The van der Waals surface area contributed by atoms with E-state index in [0.29, 0.717) is 28.8 Å². The van der Waals surface area contributed by atoms with Crippen LogP contribution in [0.15, 0.2) is 4.99 Å². The average molecular weight is 327 g/mol. The molecular weight excluding hydrogens is 312 g/mol. The lowest BCUT2D eigenvalue weighted by molar-refractivity contribution is -0.107. The molecule has 3 rings (SSSR count). The fraction of sp³-hybridized carbons (Fsp3) is 0.429. The normalized spacial score (nSPS) is 19.1. The lowest BCUT2D eigenvalue weighted by Crippen LogP contribution is -2.31. The Hall–Kier alpha value is -1.40. The van der Waals surface area contributed by atoms with Gasteiger partial charge in [-0.05, 0) is 12.7 Å². The second-order valence-corrected chi connectivity index (χ2v) is 5.99. The highest BCUT2D eigenvalue weighted by molar-refractivity contribution is 8.13. The van der Waals surface area contributed by atoms with Crippen LogP contribution in [0.3, 0.4) is 0 Å². The van der Waals surface area contributed by atoms with Gasteiger partial charge < -0.3 is 14.4 Å². The van der Waals surface area contributed by atoms with Crippen molar-refractivity contribution in [3.05, 3.63) is 10.6 Å². The summed E-state index contributed by atoms with van der Waals surface area (Å²) in [6, 6.07) is 0. The van der Waals surface area contributed by atoms with Crippen molar-refractivity contribution in [1.82, 2.24) is 0 Å². The molecule has 0 spiro atoms. The molecule has 0 fully saturated rings. The molecule has 0 radical (unpaired) electrons. The van der Waals surface area contributed by atoms with E-state index in [1.807, 2.05) is 6.26 Å². The zero-order chi connectivity index (χ0) is 15.1. The molecule has 0 saturated heterocycles. The van der Waals surface area contributed by atoms with E-state index in [2.05, 4.69) is 4.99 Å². The summed E-state index contributed by atoms with van der Waals surface area (Å²) in [6.07, 6.45) is 3.65. The molecular formula is C14H15ClN2O3S. The summed E-state index contributed by atoms with van der Waals surface area (Å²) in [6.45, 7) is 0.620. The van der Waals surface area contributed by atoms with Crippen LogP contribution in [0, 0.1) is 0 Å². The predicted octanol–water partition coefficient (Wildman–Crippen LogP) is 3.21. The Morgan fingerprint density at radius 3 is 2.67 bits per heavy atom. The van der Waals surface area contributed by atoms with Gasteiger partial charge in [-0.15, -0.1) is 11.8 Å². The fourth-order valence-corrected chi connectivity index (χ4v) is 4.09. The Bertz CT molecular complexity index is 648. The van der Waals surface area contributed by atoms with Crippen LogP contribution in [0.2, 0.25) is 5.02 Å². The molecule has 21 heavy (non-hydrogen) atoms. The largest absolute Gasteiger partial charge is 0.491 e. The van der Waals surface area contributed by atoms with Gasteiger partial charge in [-0.3, -0.25) is 4.79 Å². The maximum atomic E-state index is 11.4. The molecule has 7 heteroatoms. The quantitative estimate of drug-likeness (QED) is 0.800. The van der Waals surface area contributed by atoms with Gasteiger partial charge in [-0.25, -0.2) is 4.99 Å². The van der Waals surface area contributed by atoms with Crippen molar-refractivity contribution in [2.45, 2.75) is 12.3 Å². The van der Waals surface area contributed by atoms with Crippen LogP contribution in [0.4, 0.5) is 11.4 Å². The summed E-state index contributed by atoms with van der Waals surface area (Å²) >= 11 is 8.09. The number of hydrogen-bond acceptors (Lipinski definition) is 5. The van der Waals surface area contributed by atoms with E-state index in [9.17, 15) is 4.79 Å². The molecule has 2 aliphatic heterocycles. The summed E-state index contributed by atoms with van der Waals surface area (Å²) < 4.78 is 10.8. The van der Waals surface area contributed by atoms with E-state index in [4.69, 9.17) is 21.1 Å². The van der Waals surface area contributed by atoms with Crippen molar-refractivity contribution >= 4 is 46.2 Å². The molecule has 2 heterocycles. The van der Waals surface area contributed by atoms with Gasteiger partial charge in [0.2, 0.25) is 6.41 Å². The Balaban J connectivity index is 2.35. The SMILES string of the molecule is COc1c(Cl)c2c3c(c1OC)N=C(SC)C3CCN2C=O. The third-order valence-electron chi connectivity index (χ3n) is 3.90. The number of rotatable bonds is 3. The first kappa shape index (κ1) is 14.5. The number of methoxy groups -OCH3 is 2. The minimum atomic E-state index is 0.179. The Labute approximate surface area is 132 Å². The summed E-state index contributed by atoms with van der Waals surface area (Å²) in [5, 5.41) is 1.43. The third kappa shape index (κ3) is 1.92. The summed E-state index contributed by atoms with van der Waals surface area (Å²) in [5.74, 6) is 1.13. The van der Waals surface area contributed by atoms with E-state index >= 15 is 0 Å². The summed E-state index contributed by atoms with van der Waals surface area (Å²) in [7, 11) is 3.10. The van der Waals surface area contributed by atoms with Crippen molar-refractivity contribution < 1.29 is 14.3 Å². The Morgan fingerprint density at radius 2 is 2.10 bits per heavy atom. The van der Waals surface area contributed by atoms with Gasteiger partial charge in [0, 0.05) is 18.0 Å². The second-order valence-electron chi connectivity index (χ2n) is 4.79. The van der Waals surface area contributed by atoms with Crippen LogP contribution in [0.25, 0.3) is 0 Å². The molecule has 1 atom stereocenters. The number of ether oxygens (including phenoxy) is 2. The first-order chi connectivity index (χ1) is 10.2. The lowest BCUT2D eigenvalue weighted by atomic mass is 9.91. The molecule has 0 aliphatic carbocycles. The van der Waals surface area contributed by atoms with Gasteiger partial charge in [0.1, 0.15) is 10.7 Å². The highest BCUT2D eigenvalue weighted by Gasteiger charge is 2.40. The second kappa shape index (κ2) is 5.42. The lowest BCUT2D eigenvalue weighted by Gasteiger charge is -2.31. The number of carbonyl (C=O) groups is 1. The summed E-state index contributed by atoms with van der Waals surface area (Å²) in [5.41, 5.74) is 2.40. The number of anilines is 1. The topological polar surface area (TPSA) is 51.1 Å². The smallest absolute Gasteiger partial charge is 0.214 e. The average Bonchev–Trinajstić information content (AvgIpc) is 2.89. The minimum Gasteiger partial charge on any atom is -0.491 e. The van der Waals surface area contributed by atoms with Gasteiger partial charge in [0.15, 0.2) is 11.5 Å². The molecule has 1 unspecified atom stereocenters. The number of thioether (sulfide) groups is 1. The molecule has 112 valence electrons. The van der Waals surface area contributed by atoms with Gasteiger partial charge in [0.05, 0.1) is 25.0 Å². The molecule has 0 aromatic heterocycles. The van der Waals surface area contributed by atoms with E-state index in [0.717, 1.165) is 29.1 Å². The van der Waals surface area contributed by atoms with Crippen LogP contribution < -0.4 is 14.4 Å². The predicted molar refractivity (Wildman–Crippen MR) is 85.9 cm³/mol. The number of aliphatic imine (C=N–C) groups is 1. The monoisotopic (exact) mass is 326 g/mol. The van der Waals surface area contributed by atoms with Crippen LogP contribution in [-0.2, 0) is 4.79 Å². The number of amides is 1. The number of hydrogen-bond donors (Lipinski definition) is 0. The molecule has 0 bridgehead atoms. The standard InChI is InChI=1S/C14H15ClN2O3S/c1-19-12-9(15)11-8-7(4-5-17(11)6-18)14(21-3)16-10(8)13(12)20-2/h6-7H,4-5H2,1-3H3. The van der Waals surface area contributed by atoms with Gasteiger partial charge in [-0.2, -0.15) is 0 Å². The van der Waals surface area contributed by atoms with E-state index < -0.39 is 0 Å². The first-order valence-electron chi connectivity index (χ1n) is 6.49. The maximum Gasteiger partial charge on any atom is 0.214 e. The molecule has 1 aromatic carbocycles. The van der Waals surface area contributed by atoms with E-state index in [-0.39, 0.29) is 5.92 Å². The molecule has 0 saturated carbocycles. The number of halogens is 1. The zero-order valence-corrected chi connectivity index (χ0v) is 13.5. The van der Waals surface area contributed by atoms with Gasteiger partial charge in [-0.1, -0.05) is 11.6 Å².